The van der Waals surface area contributed by atoms with E-state index in [-0.39, 0.29) is 49.5 Å². The normalized spacial score (nSPS) is 15.4. The summed E-state index contributed by atoms with van der Waals surface area (Å²) in [5.41, 5.74) is 1.80. The van der Waals surface area contributed by atoms with Crippen LogP contribution in [0.4, 0.5) is 4.39 Å². The number of halogens is 2. The number of aryl methyl sites for hydroxylation is 1. The molecule has 0 spiro atoms. The molecule has 0 N–H and O–H groups in total. The molecule has 2 aromatic carbocycles. The lowest BCUT2D eigenvalue weighted by Gasteiger charge is -2.34. The van der Waals surface area contributed by atoms with Crippen LogP contribution in [0.15, 0.2) is 41.3 Å². The quantitative estimate of drug-likeness (QED) is 0.646. The van der Waals surface area contributed by atoms with Crippen molar-refractivity contribution in [2.45, 2.75) is 31.6 Å². The molecule has 0 aromatic heterocycles. The molecule has 168 valence electrons. The third-order valence-electron chi connectivity index (χ3n) is 5.31. The van der Waals surface area contributed by atoms with Crippen LogP contribution >= 0.6 is 11.6 Å². The van der Waals surface area contributed by atoms with Gasteiger partial charge in [-0.15, -0.1) is 0 Å². The van der Waals surface area contributed by atoms with Crippen LogP contribution in [0.2, 0.25) is 5.02 Å². The molecule has 31 heavy (non-hydrogen) atoms. The summed E-state index contributed by atoms with van der Waals surface area (Å²) in [5.74, 6) is 0.109. The maximum Gasteiger partial charge on any atom is 0.260 e. The Bertz CT molecular complexity index is 1050. The molecule has 0 bridgehead atoms. The molecule has 0 atom stereocenters. The van der Waals surface area contributed by atoms with Gasteiger partial charge >= 0.3 is 0 Å². The molecule has 2 aromatic rings. The lowest BCUT2D eigenvalue weighted by Crippen LogP contribution is -2.51. The largest absolute Gasteiger partial charge is 0.483 e. The first-order chi connectivity index (χ1) is 14.6. The summed E-state index contributed by atoms with van der Waals surface area (Å²) in [6.45, 7) is 6.66. The van der Waals surface area contributed by atoms with Gasteiger partial charge in [-0.05, 0) is 60.4 Å². The Hall–Kier alpha value is -2.16. The zero-order chi connectivity index (χ0) is 22.8. The highest BCUT2D eigenvalue weighted by molar-refractivity contribution is 7.89. The molecular formula is C22H26ClFN2O4S. The SMILES string of the molecule is Cc1cc(OCC(=O)N2CCN(S(=O)(=O)c3ccc(F)cc3)CC2)c(C(C)C)cc1Cl. The number of nitrogens with zero attached hydrogens (tertiary/aromatic N) is 2. The van der Waals surface area contributed by atoms with Gasteiger partial charge in [0.2, 0.25) is 10.0 Å². The number of sulfonamides is 1. The minimum Gasteiger partial charge on any atom is -0.483 e. The summed E-state index contributed by atoms with van der Waals surface area (Å²) in [4.78, 5) is 14.3. The molecule has 3 rings (SSSR count). The average Bonchev–Trinajstić information content (AvgIpc) is 2.74. The van der Waals surface area contributed by atoms with E-state index in [4.69, 9.17) is 16.3 Å². The number of hydrogen-bond donors (Lipinski definition) is 0. The van der Waals surface area contributed by atoms with E-state index in [9.17, 15) is 17.6 Å². The minimum absolute atomic E-state index is 0.0383. The summed E-state index contributed by atoms with van der Waals surface area (Å²) in [6.07, 6.45) is 0. The number of ether oxygens (including phenoxy) is 1. The van der Waals surface area contributed by atoms with Crippen molar-refractivity contribution in [3.63, 3.8) is 0 Å². The van der Waals surface area contributed by atoms with E-state index in [1.807, 2.05) is 32.9 Å². The van der Waals surface area contributed by atoms with Gasteiger partial charge in [-0.25, -0.2) is 12.8 Å². The van der Waals surface area contributed by atoms with Gasteiger partial charge in [-0.3, -0.25) is 4.79 Å². The van der Waals surface area contributed by atoms with Crippen LogP contribution in [-0.4, -0.2) is 56.3 Å². The number of piperazine rings is 1. The van der Waals surface area contributed by atoms with Gasteiger partial charge in [0.05, 0.1) is 4.90 Å². The third-order valence-corrected chi connectivity index (χ3v) is 7.63. The van der Waals surface area contributed by atoms with E-state index in [1.165, 1.54) is 16.4 Å². The van der Waals surface area contributed by atoms with E-state index >= 15 is 0 Å². The molecular weight excluding hydrogens is 443 g/mol. The number of amides is 1. The Kier molecular flexibility index (Phi) is 7.24. The van der Waals surface area contributed by atoms with Crippen LogP contribution in [0.5, 0.6) is 5.75 Å². The van der Waals surface area contributed by atoms with Gasteiger partial charge in [0.1, 0.15) is 11.6 Å². The molecule has 9 heteroatoms. The molecule has 0 radical (unpaired) electrons. The van der Waals surface area contributed by atoms with Gasteiger partial charge < -0.3 is 9.64 Å². The van der Waals surface area contributed by atoms with E-state index < -0.39 is 15.8 Å². The van der Waals surface area contributed by atoms with Crippen molar-refractivity contribution in [1.82, 2.24) is 9.21 Å². The second-order valence-corrected chi connectivity index (χ2v) is 10.2. The summed E-state index contributed by atoms with van der Waals surface area (Å²) in [7, 11) is -3.72. The summed E-state index contributed by atoms with van der Waals surface area (Å²) < 4.78 is 45.6. The molecule has 1 aliphatic heterocycles. The Morgan fingerprint density at radius 3 is 2.32 bits per heavy atom. The van der Waals surface area contributed by atoms with Crippen LogP contribution in [0, 0.1) is 12.7 Å². The number of benzene rings is 2. The number of carbonyl (C=O) groups excluding carboxylic acids is 1. The van der Waals surface area contributed by atoms with Crippen molar-refractivity contribution in [2.24, 2.45) is 0 Å². The topological polar surface area (TPSA) is 66.9 Å². The second kappa shape index (κ2) is 9.54. The van der Waals surface area contributed by atoms with Gasteiger partial charge in [-0.2, -0.15) is 4.31 Å². The monoisotopic (exact) mass is 468 g/mol. The molecule has 1 saturated heterocycles. The molecule has 0 aliphatic carbocycles. The molecule has 1 aliphatic rings. The Balaban J connectivity index is 1.60. The summed E-state index contributed by atoms with van der Waals surface area (Å²) in [5, 5.41) is 0.654. The van der Waals surface area contributed by atoms with Crippen molar-refractivity contribution < 1.29 is 22.3 Å². The highest BCUT2D eigenvalue weighted by Gasteiger charge is 2.30. The maximum absolute atomic E-state index is 13.1. The van der Waals surface area contributed by atoms with Crippen molar-refractivity contribution in [3.05, 3.63) is 58.4 Å². The molecule has 1 fully saturated rings. The van der Waals surface area contributed by atoms with Crippen LogP contribution < -0.4 is 4.74 Å². The fraction of sp³-hybridized carbons (Fsp3) is 0.409. The van der Waals surface area contributed by atoms with Crippen molar-refractivity contribution in [2.75, 3.05) is 32.8 Å². The Morgan fingerprint density at radius 2 is 1.74 bits per heavy atom. The molecule has 0 unspecified atom stereocenters. The van der Waals surface area contributed by atoms with Gasteiger partial charge in [0, 0.05) is 31.2 Å². The molecule has 1 heterocycles. The first-order valence-corrected chi connectivity index (χ1v) is 11.9. The fourth-order valence-corrected chi connectivity index (χ4v) is 5.01. The lowest BCUT2D eigenvalue weighted by atomic mass is 10.0. The van der Waals surface area contributed by atoms with Crippen molar-refractivity contribution in [1.29, 1.82) is 0 Å². The van der Waals surface area contributed by atoms with Gasteiger partial charge in [0.25, 0.3) is 5.91 Å². The van der Waals surface area contributed by atoms with Crippen molar-refractivity contribution >= 4 is 27.5 Å². The second-order valence-electron chi connectivity index (χ2n) is 7.82. The fourth-order valence-electron chi connectivity index (χ4n) is 3.41. The Labute approximate surface area is 187 Å². The minimum atomic E-state index is -3.72. The lowest BCUT2D eigenvalue weighted by molar-refractivity contribution is -0.134. The maximum atomic E-state index is 13.1. The highest BCUT2D eigenvalue weighted by Crippen LogP contribution is 2.32. The number of rotatable bonds is 6. The number of hydrogen-bond acceptors (Lipinski definition) is 4. The smallest absolute Gasteiger partial charge is 0.260 e. The van der Waals surface area contributed by atoms with E-state index in [0.29, 0.717) is 10.8 Å². The van der Waals surface area contributed by atoms with Crippen LogP contribution in [-0.2, 0) is 14.8 Å². The van der Waals surface area contributed by atoms with Crippen LogP contribution in [0.1, 0.15) is 30.9 Å². The first-order valence-electron chi connectivity index (χ1n) is 10.1. The summed E-state index contributed by atoms with van der Waals surface area (Å²) in [6, 6.07) is 8.42. The standard InChI is InChI=1S/C22H26ClFN2O4S/c1-15(2)19-13-20(23)16(3)12-21(19)30-14-22(27)25-8-10-26(11-9-25)31(28,29)18-6-4-17(24)5-7-18/h4-7,12-13,15H,8-11,14H2,1-3H3. The molecule has 1 amide bonds. The van der Waals surface area contributed by atoms with Gasteiger partial charge in [0.15, 0.2) is 6.61 Å². The Morgan fingerprint density at radius 1 is 1.13 bits per heavy atom. The predicted molar refractivity (Wildman–Crippen MR) is 118 cm³/mol. The van der Waals surface area contributed by atoms with Gasteiger partial charge in [-0.1, -0.05) is 25.4 Å². The first kappa shape index (κ1) is 23.5. The average molecular weight is 469 g/mol. The van der Waals surface area contributed by atoms with Crippen LogP contribution in [0.25, 0.3) is 0 Å². The zero-order valence-electron chi connectivity index (χ0n) is 17.8. The van der Waals surface area contributed by atoms with E-state index in [2.05, 4.69) is 0 Å². The molecule has 6 nitrogen and oxygen atoms in total. The third kappa shape index (κ3) is 5.37. The van der Waals surface area contributed by atoms with E-state index in [0.717, 1.165) is 23.3 Å². The van der Waals surface area contributed by atoms with Crippen LogP contribution in [0.3, 0.4) is 0 Å². The zero-order valence-corrected chi connectivity index (χ0v) is 19.3. The predicted octanol–water partition coefficient (Wildman–Crippen LogP) is 3.82. The highest BCUT2D eigenvalue weighted by atomic mass is 35.5. The summed E-state index contributed by atoms with van der Waals surface area (Å²) >= 11 is 6.21. The molecule has 0 saturated carbocycles. The number of carbonyl (C=O) groups is 1. The van der Waals surface area contributed by atoms with Crippen molar-refractivity contribution in [3.8, 4) is 5.75 Å². The van der Waals surface area contributed by atoms with E-state index in [1.54, 1.807) is 4.90 Å².